The van der Waals surface area contributed by atoms with Gasteiger partial charge >= 0.3 is 5.97 Å². The fourth-order valence-electron chi connectivity index (χ4n) is 5.64. The number of phenolic OH excluding ortho intramolecular Hbond substituents is 1. The third-order valence-electron chi connectivity index (χ3n) is 8.21. The van der Waals surface area contributed by atoms with Crippen LogP contribution in [-0.4, -0.2) is 177 Å². The van der Waals surface area contributed by atoms with Gasteiger partial charge in [-0.3, -0.25) is 0 Å². The maximum atomic E-state index is 12.9. The van der Waals surface area contributed by atoms with Crippen molar-refractivity contribution in [3.05, 3.63) is 23.8 Å². The molecule has 1 aromatic rings. The molecule has 13 atom stereocenters. The van der Waals surface area contributed by atoms with Crippen molar-refractivity contribution in [2.75, 3.05) is 40.6 Å². The standard InChI is InChI=1S/C29H42O19/c1-41-15-6-13(34)16(42-2)5-12(15)3-4-20(36)45-27-23(38)18(9-31)47-29(27,11-33)48-21-7-14(35)26(19(10-32)43-21)46-28-25(40)24(39)22(37)17(8-30)44-28/h3-6,14,17-19,21-28,30-35,37-40H,7-11H2,1-2H3/b4-3+/t14-,17+,18+,19+,21-,22+,23+,24+,25+,26-,27+,28-,29-/m0/s1. The van der Waals surface area contributed by atoms with Crippen LogP contribution in [0.5, 0.6) is 17.2 Å². The lowest BCUT2D eigenvalue weighted by Crippen LogP contribution is -2.62. The van der Waals surface area contributed by atoms with Gasteiger partial charge in [0.05, 0.1) is 40.1 Å². The molecule has 10 N–H and O–H groups in total. The van der Waals surface area contributed by atoms with Gasteiger partial charge in [0.2, 0.25) is 5.79 Å². The van der Waals surface area contributed by atoms with Gasteiger partial charge in [0.1, 0.15) is 61.2 Å². The van der Waals surface area contributed by atoms with E-state index in [4.69, 9.17) is 37.9 Å². The van der Waals surface area contributed by atoms with Crippen molar-refractivity contribution in [3.63, 3.8) is 0 Å². The van der Waals surface area contributed by atoms with Crippen LogP contribution in [0.15, 0.2) is 18.2 Å². The fourth-order valence-corrected chi connectivity index (χ4v) is 5.64. The molecule has 3 heterocycles. The SMILES string of the molecule is COc1cc(/C=C/C(=O)O[C@@H]2[C@H](O)[C@@H](CO)O[C@@]2(CO)O[C@H]2C[C@H](O)[C@H](O[C@@H]3O[C@H](CO)[C@@H](O)[C@@H](O)[C@H]3O)[C@@H](CO)O2)c(OC)cc1O. The zero-order chi connectivity index (χ0) is 35.3. The highest BCUT2D eigenvalue weighted by atomic mass is 16.8. The first-order chi connectivity index (χ1) is 22.9. The summed E-state index contributed by atoms with van der Waals surface area (Å²) in [5.41, 5.74) is 0.297. The number of aliphatic hydroxyl groups is 9. The Morgan fingerprint density at radius 2 is 1.54 bits per heavy atom. The number of carbonyl (C=O) groups excluding carboxylic acids is 1. The first-order valence-electron chi connectivity index (χ1n) is 14.9. The lowest BCUT2D eigenvalue weighted by molar-refractivity contribution is -0.379. The quantitative estimate of drug-likeness (QED) is 0.0687. The number of hydrogen-bond acceptors (Lipinski definition) is 19. The molecule has 0 spiro atoms. The molecule has 19 nitrogen and oxygen atoms in total. The Kier molecular flexibility index (Phi) is 12.9. The van der Waals surface area contributed by atoms with Crippen LogP contribution in [0.4, 0.5) is 0 Å². The minimum Gasteiger partial charge on any atom is -0.504 e. The number of aliphatic hydroxyl groups excluding tert-OH is 9. The van der Waals surface area contributed by atoms with Crippen LogP contribution in [-0.2, 0) is 33.2 Å². The molecular weight excluding hydrogens is 652 g/mol. The number of rotatable bonds is 13. The smallest absolute Gasteiger partial charge is 0.331 e. The van der Waals surface area contributed by atoms with Crippen molar-refractivity contribution in [2.24, 2.45) is 0 Å². The number of carbonyl (C=O) groups is 1. The molecule has 0 bridgehead atoms. The van der Waals surface area contributed by atoms with E-state index in [9.17, 15) is 55.9 Å². The molecule has 3 fully saturated rings. The number of aromatic hydroxyl groups is 1. The van der Waals surface area contributed by atoms with E-state index in [0.29, 0.717) is 5.56 Å². The maximum absolute atomic E-state index is 12.9. The Balaban J connectivity index is 1.49. The fraction of sp³-hybridized carbons (Fsp3) is 0.690. The van der Waals surface area contributed by atoms with Gasteiger partial charge in [0.25, 0.3) is 0 Å². The van der Waals surface area contributed by atoms with E-state index < -0.39 is 118 Å². The van der Waals surface area contributed by atoms with E-state index in [1.54, 1.807) is 0 Å². The van der Waals surface area contributed by atoms with Crippen LogP contribution in [0.3, 0.4) is 0 Å². The number of hydrogen-bond donors (Lipinski definition) is 10. The van der Waals surface area contributed by atoms with Gasteiger partial charge in [-0.2, -0.15) is 0 Å². The average molecular weight is 695 g/mol. The Labute approximate surface area is 273 Å². The van der Waals surface area contributed by atoms with Crippen LogP contribution in [0.1, 0.15) is 12.0 Å². The van der Waals surface area contributed by atoms with Crippen molar-refractivity contribution in [3.8, 4) is 17.2 Å². The van der Waals surface area contributed by atoms with Crippen molar-refractivity contribution in [1.82, 2.24) is 0 Å². The third-order valence-corrected chi connectivity index (χ3v) is 8.21. The van der Waals surface area contributed by atoms with Gasteiger partial charge in [-0.1, -0.05) is 0 Å². The van der Waals surface area contributed by atoms with Crippen LogP contribution in [0.2, 0.25) is 0 Å². The van der Waals surface area contributed by atoms with Gasteiger partial charge in [-0.25, -0.2) is 4.79 Å². The molecule has 0 aliphatic carbocycles. The van der Waals surface area contributed by atoms with E-state index in [2.05, 4.69) is 0 Å². The summed E-state index contributed by atoms with van der Waals surface area (Å²) in [7, 11) is 2.66. The van der Waals surface area contributed by atoms with E-state index in [-0.39, 0.29) is 17.2 Å². The van der Waals surface area contributed by atoms with Crippen LogP contribution in [0.25, 0.3) is 6.08 Å². The Hall–Kier alpha value is -2.73. The normalized spacial score (nSPS) is 38.6. The van der Waals surface area contributed by atoms with Gasteiger partial charge in [-0.15, -0.1) is 0 Å². The van der Waals surface area contributed by atoms with Crippen molar-refractivity contribution < 1.29 is 93.8 Å². The molecule has 19 heteroatoms. The summed E-state index contributed by atoms with van der Waals surface area (Å²) in [6, 6.07) is 2.64. The molecule has 0 aromatic heterocycles. The summed E-state index contributed by atoms with van der Waals surface area (Å²) in [5.74, 6) is -3.38. The lowest BCUT2D eigenvalue weighted by Gasteiger charge is -2.45. The molecule has 3 aliphatic rings. The molecular formula is C29H42O19. The third kappa shape index (κ3) is 7.85. The highest BCUT2D eigenvalue weighted by Gasteiger charge is 2.60. The second kappa shape index (κ2) is 16.3. The molecule has 48 heavy (non-hydrogen) atoms. The molecule has 0 amide bonds. The van der Waals surface area contributed by atoms with Crippen molar-refractivity contribution in [2.45, 2.75) is 85.8 Å². The van der Waals surface area contributed by atoms with Gasteiger partial charge in [0.15, 0.2) is 30.2 Å². The lowest BCUT2D eigenvalue weighted by atomic mass is 9.98. The summed E-state index contributed by atoms with van der Waals surface area (Å²) in [6.07, 6.45) is -17.3. The zero-order valence-electron chi connectivity index (χ0n) is 25.9. The first-order valence-corrected chi connectivity index (χ1v) is 14.9. The Morgan fingerprint density at radius 1 is 0.875 bits per heavy atom. The molecule has 3 aliphatic heterocycles. The number of phenols is 1. The summed E-state index contributed by atoms with van der Waals surface area (Å²) in [6.45, 7) is -3.39. The van der Waals surface area contributed by atoms with E-state index >= 15 is 0 Å². The van der Waals surface area contributed by atoms with Crippen LogP contribution >= 0.6 is 0 Å². The predicted molar refractivity (Wildman–Crippen MR) is 154 cm³/mol. The Bertz CT molecular complexity index is 1250. The Morgan fingerprint density at radius 3 is 2.15 bits per heavy atom. The topological polar surface area (TPSA) is 293 Å². The minimum absolute atomic E-state index is 0.0820. The number of methoxy groups -OCH3 is 2. The van der Waals surface area contributed by atoms with Gasteiger partial charge in [0, 0.05) is 24.1 Å². The van der Waals surface area contributed by atoms with Crippen molar-refractivity contribution >= 4 is 12.0 Å². The number of esters is 1. The monoisotopic (exact) mass is 694 g/mol. The van der Waals surface area contributed by atoms with Crippen molar-refractivity contribution in [1.29, 1.82) is 0 Å². The molecule has 3 saturated heterocycles. The van der Waals surface area contributed by atoms with Gasteiger partial charge in [-0.05, 0) is 12.1 Å². The first kappa shape index (κ1) is 38.1. The highest BCUT2D eigenvalue weighted by Crippen LogP contribution is 2.39. The maximum Gasteiger partial charge on any atom is 0.331 e. The summed E-state index contributed by atoms with van der Waals surface area (Å²) >= 11 is 0. The molecule has 0 radical (unpaired) electrons. The highest BCUT2D eigenvalue weighted by molar-refractivity contribution is 5.88. The second-order valence-corrected chi connectivity index (χ2v) is 11.3. The van der Waals surface area contributed by atoms with Gasteiger partial charge < -0.3 is 89.0 Å². The summed E-state index contributed by atoms with van der Waals surface area (Å²) in [4.78, 5) is 12.9. The molecule has 272 valence electrons. The number of ether oxygens (including phenoxy) is 8. The molecule has 4 rings (SSSR count). The van der Waals surface area contributed by atoms with Crippen LogP contribution < -0.4 is 9.47 Å². The number of benzene rings is 1. The molecule has 1 aromatic carbocycles. The second-order valence-electron chi connectivity index (χ2n) is 11.3. The van der Waals surface area contributed by atoms with E-state index in [1.165, 1.54) is 32.4 Å². The van der Waals surface area contributed by atoms with Crippen LogP contribution in [0, 0.1) is 0 Å². The predicted octanol–water partition coefficient (Wildman–Crippen LogP) is -4.56. The molecule has 0 saturated carbocycles. The average Bonchev–Trinajstić information content (AvgIpc) is 3.34. The summed E-state index contributed by atoms with van der Waals surface area (Å²) < 4.78 is 43.8. The molecule has 0 unspecified atom stereocenters. The summed E-state index contributed by atoms with van der Waals surface area (Å²) in [5, 5.41) is 102. The van der Waals surface area contributed by atoms with E-state index in [1.807, 2.05) is 0 Å². The zero-order valence-corrected chi connectivity index (χ0v) is 25.9. The van der Waals surface area contributed by atoms with E-state index in [0.717, 1.165) is 6.08 Å². The minimum atomic E-state index is -2.36. The largest absolute Gasteiger partial charge is 0.504 e.